The average Bonchev–Trinajstić information content (AvgIpc) is 3.12. The van der Waals surface area contributed by atoms with E-state index in [0.29, 0.717) is 6.01 Å². The zero-order chi connectivity index (χ0) is 18.4. The third-order valence-electron chi connectivity index (χ3n) is 3.99. The Balaban J connectivity index is 1.60. The molecule has 2 heterocycles. The minimum absolute atomic E-state index is 0.381. The molecule has 0 saturated heterocycles. The van der Waals surface area contributed by atoms with Crippen LogP contribution in [0.3, 0.4) is 0 Å². The lowest BCUT2D eigenvalue weighted by Gasteiger charge is -2.09. The number of rotatable bonds is 8. The molecule has 1 aromatic carbocycles. The molecule has 0 spiro atoms. The molecule has 0 unspecified atom stereocenters. The Labute approximate surface area is 158 Å². The molecule has 0 fully saturated rings. The zero-order valence-electron chi connectivity index (χ0n) is 15.3. The molecule has 6 heteroatoms. The molecule has 0 radical (unpaired) electrons. The highest BCUT2D eigenvalue weighted by atomic mass is 32.1. The van der Waals surface area contributed by atoms with Gasteiger partial charge in [-0.3, -0.25) is 0 Å². The van der Waals surface area contributed by atoms with Gasteiger partial charge in [0.05, 0.1) is 24.8 Å². The number of benzene rings is 1. The number of methoxy groups -OCH3 is 2. The summed E-state index contributed by atoms with van der Waals surface area (Å²) < 4.78 is 10.4. The predicted molar refractivity (Wildman–Crippen MR) is 106 cm³/mol. The van der Waals surface area contributed by atoms with Crippen LogP contribution in [0, 0.1) is 6.92 Å². The van der Waals surface area contributed by atoms with E-state index in [1.807, 2.05) is 18.2 Å². The Hall–Kier alpha value is -2.60. The molecule has 0 aliphatic heterocycles. The summed E-state index contributed by atoms with van der Waals surface area (Å²) >= 11 is 1.71. The van der Waals surface area contributed by atoms with Gasteiger partial charge in [0, 0.05) is 17.5 Å². The Morgan fingerprint density at radius 2 is 1.81 bits per heavy atom. The van der Waals surface area contributed by atoms with Gasteiger partial charge in [-0.1, -0.05) is 12.1 Å². The lowest BCUT2D eigenvalue weighted by atomic mass is 10.1. The van der Waals surface area contributed by atoms with Crippen molar-refractivity contribution >= 4 is 17.2 Å². The smallest absolute Gasteiger partial charge is 0.318 e. The van der Waals surface area contributed by atoms with Gasteiger partial charge in [-0.25, -0.2) is 0 Å². The second-order valence-electron chi connectivity index (χ2n) is 5.91. The van der Waals surface area contributed by atoms with Gasteiger partial charge >= 0.3 is 6.01 Å². The van der Waals surface area contributed by atoms with Crippen molar-refractivity contribution in [3.8, 4) is 22.3 Å². The number of anilines is 1. The molecule has 3 rings (SSSR count). The largest absolute Gasteiger partial charge is 0.497 e. The van der Waals surface area contributed by atoms with Crippen molar-refractivity contribution in [1.29, 1.82) is 0 Å². The van der Waals surface area contributed by atoms with Crippen LogP contribution in [0.2, 0.25) is 0 Å². The number of ether oxygens (including phenoxy) is 2. The first-order chi connectivity index (χ1) is 12.7. The molecule has 0 bridgehead atoms. The first kappa shape index (κ1) is 18.2. The monoisotopic (exact) mass is 369 g/mol. The van der Waals surface area contributed by atoms with E-state index < -0.39 is 0 Å². The van der Waals surface area contributed by atoms with Crippen LogP contribution < -0.4 is 14.8 Å². The predicted octanol–water partition coefficient (Wildman–Crippen LogP) is 4.58. The summed E-state index contributed by atoms with van der Waals surface area (Å²) in [5.41, 5.74) is 2.18. The highest BCUT2D eigenvalue weighted by Crippen LogP contribution is 2.28. The lowest BCUT2D eigenvalue weighted by molar-refractivity contribution is 0.381. The topological polar surface area (TPSA) is 56.3 Å². The molecule has 0 amide bonds. The molecular weight excluding hydrogens is 346 g/mol. The number of hydrogen-bond donors (Lipinski definition) is 1. The fourth-order valence-electron chi connectivity index (χ4n) is 2.61. The fraction of sp³-hybridized carbons (Fsp3) is 0.300. The number of thiophene rings is 1. The van der Waals surface area contributed by atoms with Crippen LogP contribution in [0.5, 0.6) is 11.8 Å². The van der Waals surface area contributed by atoms with Crippen LogP contribution >= 0.6 is 11.3 Å². The Morgan fingerprint density at radius 1 is 1.00 bits per heavy atom. The Morgan fingerprint density at radius 3 is 2.46 bits per heavy atom. The molecule has 26 heavy (non-hydrogen) atoms. The minimum atomic E-state index is 0.381. The van der Waals surface area contributed by atoms with Crippen molar-refractivity contribution in [1.82, 2.24) is 9.97 Å². The molecule has 0 saturated carbocycles. The third kappa shape index (κ3) is 4.73. The molecule has 2 aromatic heterocycles. The molecule has 5 nitrogen and oxygen atoms in total. The molecule has 3 aromatic rings. The SMILES string of the molecule is COc1ccc(CCCNc2cc(-c3ccc(C)s3)nc(OC)n2)cc1. The van der Waals surface area contributed by atoms with Crippen molar-refractivity contribution in [3.05, 3.63) is 52.9 Å². The maximum Gasteiger partial charge on any atom is 0.318 e. The maximum absolute atomic E-state index is 5.25. The van der Waals surface area contributed by atoms with Crippen molar-refractivity contribution in [2.24, 2.45) is 0 Å². The van der Waals surface area contributed by atoms with Crippen LogP contribution in [0.1, 0.15) is 16.9 Å². The summed E-state index contributed by atoms with van der Waals surface area (Å²) in [6.45, 7) is 2.92. The van der Waals surface area contributed by atoms with Crippen LogP contribution in [0.4, 0.5) is 5.82 Å². The molecule has 0 atom stereocenters. The van der Waals surface area contributed by atoms with Crippen molar-refractivity contribution in [2.45, 2.75) is 19.8 Å². The highest BCUT2D eigenvalue weighted by Gasteiger charge is 2.08. The van der Waals surface area contributed by atoms with Gasteiger partial charge in [0.2, 0.25) is 0 Å². The van der Waals surface area contributed by atoms with Crippen molar-refractivity contribution < 1.29 is 9.47 Å². The van der Waals surface area contributed by atoms with Crippen LogP contribution in [0.15, 0.2) is 42.5 Å². The van der Waals surface area contributed by atoms with Gasteiger partial charge < -0.3 is 14.8 Å². The van der Waals surface area contributed by atoms with E-state index in [2.05, 4.69) is 46.5 Å². The molecule has 136 valence electrons. The Kier molecular flexibility index (Phi) is 6.07. The fourth-order valence-corrected chi connectivity index (χ4v) is 3.43. The van der Waals surface area contributed by atoms with Gasteiger partial charge in [0.25, 0.3) is 0 Å². The first-order valence-corrected chi connectivity index (χ1v) is 9.36. The number of aryl methyl sites for hydroxylation is 2. The lowest BCUT2D eigenvalue weighted by Crippen LogP contribution is -2.06. The summed E-state index contributed by atoms with van der Waals surface area (Å²) in [5.74, 6) is 1.67. The quantitative estimate of drug-likeness (QED) is 0.589. The maximum atomic E-state index is 5.25. The van der Waals surface area contributed by atoms with Crippen molar-refractivity contribution in [3.63, 3.8) is 0 Å². The van der Waals surface area contributed by atoms with E-state index in [-0.39, 0.29) is 0 Å². The highest BCUT2D eigenvalue weighted by molar-refractivity contribution is 7.15. The molecule has 0 aliphatic carbocycles. The van der Waals surface area contributed by atoms with Gasteiger partial charge in [-0.15, -0.1) is 11.3 Å². The first-order valence-electron chi connectivity index (χ1n) is 8.54. The number of aromatic nitrogens is 2. The van der Waals surface area contributed by atoms with Gasteiger partial charge in [0.1, 0.15) is 11.6 Å². The molecule has 1 N–H and O–H groups in total. The van der Waals surface area contributed by atoms with Crippen LogP contribution in [-0.4, -0.2) is 30.7 Å². The van der Waals surface area contributed by atoms with E-state index in [1.165, 1.54) is 10.4 Å². The summed E-state index contributed by atoms with van der Waals surface area (Å²) in [6, 6.07) is 14.7. The summed E-state index contributed by atoms with van der Waals surface area (Å²) in [7, 11) is 3.27. The third-order valence-corrected chi connectivity index (χ3v) is 5.01. The number of hydrogen-bond acceptors (Lipinski definition) is 6. The number of nitrogens with one attached hydrogen (secondary N) is 1. The number of nitrogens with zero attached hydrogens (tertiary/aromatic N) is 2. The zero-order valence-corrected chi connectivity index (χ0v) is 16.1. The summed E-state index contributed by atoms with van der Waals surface area (Å²) in [4.78, 5) is 11.2. The normalized spacial score (nSPS) is 10.6. The standard InChI is InChI=1S/C20H23N3O2S/c1-14-6-11-18(26-14)17-13-19(23-20(22-17)25-3)21-12-4-5-15-7-9-16(24-2)10-8-15/h6-11,13H,4-5,12H2,1-3H3,(H,21,22,23). The van der Waals surface area contributed by atoms with E-state index in [4.69, 9.17) is 9.47 Å². The molecule has 0 aliphatic rings. The Bertz CT molecular complexity index is 847. The summed E-state index contributed by atoms with van der Waals surface area (Å²) in [5, 5.41) is 3.38. The summed E-state index contributed by atoms with van der Waals surface area (Å²) in [6.07, 6.45) is 2.00. The second kappa shape index (κ2) is 8.67. The van der Waals surface area contributed by atoms with Gasteiger partial charge in [-0.05, 0) is 49.6 Å². The van der Waals surface area contributed by atoms with Crippen molar-refractivity contribution in [2.75, 3.05) is 26.1 Å². The second-order valence-corrected chi connectivity index (χ2v) is 7.20. The van der Waals surface area contributed by atoms with E-state index in [0.717, 1.165) is 41.5 Å². The van der Waals surface area contributed by atoms with E-state index in [9.17, 15) is 0 Å². The minimum Gasteiger partial charge on any atom is -0.497 e. The average molecular weight is 369 g/mol. The van der Waals surface area contributed by atoms with Crippen LogP contribution in [0.25, 0.3) is 10.6 Å². The molecular formula is C20H23N3O2S. The van der Waals surface area contributed by atoms with Gasteiger partial charge in [-0.2, -0.15) is 9.97 Å². The van der Waals surface area contributed by atoms with E-state index in [1.54, 1.807) is 25.6 Å². The van der Waals surface area contributed by atoms with Gasteiger partial charge in [0.15, 0.2) is 0 Å². The van der Waals surface area contributed by atoms with E-state index >= 15 is 0 Å². The van der Waals surface area contributed by atoms with Crippen LogP contribution in [-0.2, 0) is 6.42 Å².